The molecule has 1 aromatic heterocycles. The van der Waals surface area contributed by atoms with Crippen molar-refractivity contribution in [1.82, 2.24) is 14.9 Å². The Bertz CT molecular complexity index is 366. The molecule has 5 heteroatoms. The molecule has 0 fully saturated rings. The van der Waals surface area contributed by atoms with Gasteiger partial charge in [-0.3, -0.25) is 0 Å². The summed E-state index contributed by atoms with van der Waals surface area (Å²) in [6.45, 7) is 11.5. The van der Waals surface area contributed by atoms with Gasteiger partial charge in [0.25, 0.3) is 0 Å². The van der Waals surface area contributed by atoms with Gasteiger partial charge in [0.2, 0.25) is 11.8 Å². The van der Waals surface area contributed by atoms with E-state index in [0.717, 1.165) is 25.3 Å². The van der Waals surface area contributed by atoms with E-state index in [0.29, 0.717) is 17.9 Å². The van der Waals surface area contributed by atoms with Gasteiger partial charge < -0.3 is 15.0 Å². The number of ether oxygens (including phenoxy) is 1. The molecule has 18 heavy (non-hydrogen) atoms. The third-order valence-corrected chi connectivity index (χ3v) is 2.84. The summed E-state index contributed by atoms with van der Waals surface area (Å²) < 4.78 is 5.14. The van der Waals surface area contributed by atoms with Crippen LogP contribution in [-0.2, 0) is 0 Å². The number of hydrogen-bond donors (Lipinski definition) is 1. The van der Waals surface area contributed by atoms with Crippen molar-refractivity contribution in [3.8, 4) is 5.88 Å². The van der Waals surface area contributed by atoms with Gasteiger partial charge in [-0.05, 0) is 26.9 Å². The molecule has 0 aliphatic carbocycles. The average molecular weight is 252 g/mol. The summed E-state index contributed by atoms with van der Waals surface area (Å²) in [5.74, 6) is 1.23. The van der Waals surface area contributed by atoms with Crippen LogP contribution in [0.2, 0.25) is 0 Å². The van der Waals surface area contributed by atoms with Crippen LogP contribution in [0.25, 0.3) is 0 Å². The van der Waals surface area contributed by atoms with Crippen molar-refractivity contribution in [2.75, 3.05) is 32.1 Å². The van der Waals surface area contributed by atoms with Crippen LogP contribution in [0.3, 0.4) is 0 Å². The molecule has 0 aliphatic heterocycles. The van der Waals surface area contributed by atoms with Crippen molar-refractivity contribution in [3.05, 3.63) is 11.8 Å². The standard InChI is InChI=1S/C13H24N4O/c1-6-17(7-2)9-11(4)15-13-14-10(3)8-12(16-13)18-5/h8,11H,6-7,9H2,1-5H3,(H,14,15,16). The molecule has 0 radical (unpaired) electrons. The lowest BCUT2D eigenvalue weighted by molar-refractivity contribution is 0.294. The smallest absolute Gasteiger partial charge is 0.226 e. The molecule has 1 aromatic rings. The summed E-state index contributed by atoms with van der Waals surface area (Å²) in [4.78, 5) is 11.0. The van der Waals surface area contributed by atoms with E-state index in [9.17, 15) is 0 Å². The van der Waals surface area contributed by atoms with Crippen molar-refractivity contribution < 1.29 is 4.74 Å². The molecule has 1 heterocycles. The zero-order valence-corrected chi connectivity index (χ0v) is 12.0. The van der Waals surface area contributed by atoms with Gasteiger partial charge in [0.15, 0.2) is 0 Å². The summed E-state index contributed by atoms with van der Waals surface area (Å²) in [6.07, 6.45) is 0. The Kier molecular flexibility index (Phi) is 5.85. The summed E-state index contributed by atoms with van der Waals surface area (Å²) in [5, 5.41) is 3.31. The maximum atomic E-state index is 5.14. The lowest BCUT2D eigenvalue weighted by Gasteiger charge is -2.23. The number of nitrogens with zero attached hydrogens (tertiary/aromatic N) is 3. The largest absolute Gasteiger partial charge is 0.481 e. The van der Waals surface area contributed by atoms with E-state index in [1.54, 1.807) is 7.11 Å². The molecule has 0 amide bonds. The first-order valence-corrected chi connectivity index (χ1v) is 6.47. The van der Waals surface area contributed by atoms with E-state index >= 15 is 0 Å². The summed E-state index contributed by atoms with van der Waals surface area (Å²) in [5.41, 5.74) is 0.902. The maximum Gasteiger partial charge on any atom is 0.226 e. The molecule has 1 N–H and O–H groups in total. The highest BCUT2D eigenvalue weighted by molar-refractivity contribution is 5.31. The summed E-state index contributed by atoms with van der Waals surface area (Å²) >= 11 is 0. The van der Waals surface area contributed by atoms with Gasteiger partial charge in [0.05, 0.1) is 7.11 Å². The Morgan fingerprint density at radius 3 is 2.56 bits per heavy atom. The minimum Gasteiger partial charge on any atom is -0.481 e. The molecular formula is C13H24N4O. The van der Waals surface area contributed by atoms with Gasteiger partial charge >= 0.3 is 0 Å². The number of aryl methyl sites for hydroxylation is 1. The average Bonchev–Trinajstić information content (AvgIpc) is 2.35. The lowest BCUT2D eigenvalue weighted by atomic mass is 10.3. The number of anilines is 1. The SMILES string of the molecule is CCN(CC)CC(C)Nc1nc(C)cc(OC)n1. The quantitative estimate of drug-likeness (QED) is 0.803. The van der Waals surface area contributed by atoms with E-state index in [4.69, 9.17) is 4.74 Å². The van der Waals surface area contributed by atoms with Crippen LogP contribution in [0.5, 0.6) is 5.88 Å². The Morgan fingerprint density at radius 2 is 2.00 bits per heavy atom. The van der Waals surface area contributed by atoms with Gasteiger partial charge in [0.1, 0.15) is 0 Å². The van der Waals surface area contributed by atoms with Crippen LogP contribution in [0.15, 0.2) is 6.07 Å². The van der Waals surface area contributed by atoms with Gasteiger partial charge in [-0.25, -0.2) is 4.98 Å². The number of nitrogens with one attached hydrogen (secondary N) is 1. The van der Waals surface area contributed by atoms with Crippen LogP contribution in [-0.4, -0.2) is 47.7 Å². The van der Waals surface area contributed by atoms with Crippen molar-refractivity contribution >= 4 is 5.95 Å². The van der Waals surface area contributed by atoms with Gasteiger partial charge in [-0.2, -0.15) is 4.98 Å². The highest BCUT2D eigenvalue weighted by Gasteiger charge is 2.09. The number of hydrogen-bond acceptors (Lipinski definition) is 5. The van der Waals surface area contributed by atoms with E-state index < -0.39 is 0 Å². The minimum atomic E-state index is 0.302. The Morgan fingerprint density at radius 1 is 1.33 bits per heavy atom. The molecule has 1 unspecified atom stereocenters. The highest BCUT2D eigenvalue weighted by Crippen LogP contribution is 2.12. The van der Waals surface area contributed by atoms with E-state index in [1.165, 1.54) is 0 Å². The third-order valence-electron chi connectivity index (χ3n) is 2.84. The normalized spacial score (nSPS) is 12.6. The molecule has 0 aliphatic rings. The lowest BCUT2D eigenvalue weighted by Crippen LogP contribution is -2.35. The molecule has 5 nitrogen and oxygen atoms in total. The van der Waals surface area contributed by atoms with Crippen LogP contribution in [0.1, 0.15) is 26.5 Å². The second kappa shape index (κ2) is 7.16. The van der Waals surface area contributed by atoms with Crippen molar-refractivity contribution in [2.24, 2.45) is 0 Å². The van der Waals surface area contributed by atoms with Crippen LogP contribution in [0, 0.1) is 6.92 Å². The predicted molar refractivity (Wildman–Crippen MR) is 74.2 cm³/mol. The maximum absolute atomic E-state index is 5.14. The molecule has 0 spiro atoms. The topological polar surface area (TPSA) is 50.3 Å². The van der Waals surface area contributed by atoms with Crippen LogP contribution in [0.4, 0.5) is 5.95 Å². The predicted octanol–water partition coefficient (Wildman–Crippen LogP) is 1.94. The first-order valence-electron chi connectivity index (χ1n) is 6.47. The number of methoxy groups -OCH3 is 1. The Hall–Kier alpha value is -1.36. The van der Waals surface area contributed by atoms with Gasteiger partial charge in [0, 0.05) is 24.3 Å². The third kappa shape index (κ3) is 4.49. The fourth-order valence-corrected chi connectivity index (χ4v) is 1.84. The Balaban J connectivity index is 2.63. The van der Waals surface area contributed by atoms with Gasteiger partial charge in [-0.15, -0.1) is 0 Å². The molecule has 1 rings (SSSR count). The van der Waals surface area contributed by atoms with E-state index in [2.05, 4.69) is 41.0 Å². The summed E-state index contributed by atoms with van der Waals surface area (Å²) in [6, 6.07) is 2.12. The second-order valence-electron chi connectivity index (χ2n) is 4.41. The zero-order valence-electron chi connectivity index (χ0n) is 12.0. The zero-order chi connectivity index (χ0) is 13.5. The molecule has 0 bridgehead atoms. The molecule has 0 aromatic carbocycles. The van der Waals surface area contributed by atoms with Crippen molar-refractivity contribution in [1.29, 1.82) is 0 Å². The minimum absolute atomic E-state index is 0.302. The number of rotatable bonds is 7. The molecule has 0 saturated carbocycles. The summed E-state index contributed by atoms with van der Waals surface area (Å²) in [7, 11) is 1.62. The molecule has 102 valence electrons. The van der Waals surface area contributed by atoms with Gasteiger partial charge in [-0.1, -0.05) is 13.8 Å². The molecular weight excluding hydrogens is 228 g/mol. The van der Waals surface area contributed by atoms with E-state index in [1.807, 2.05) is 13.0 Å². The van der Waals surface area contributed by atoms with Crippen molar-refractivity contribution in [2.45, 2.75) is 33.7 Å². The fraction of sp³-hybridized carbons (Fsp3) is 0.692. The van der Waals surface area contributed by atoms with Crippen LogP contribution >= 0.6 is 0 Å². The Labute approximate surface area is 110 Å². The van der Waals surface area contributed by atoms with Crippen molar-refractivity contribution in [3.63, 3.8) is 0 Å². The molecule has 0 saturated heterocycles. The fourth-order valence-electron chi connectivity index (χ4n) is 1.84. The van der Waals surface area contributed by atoms with Crippen LogP contribution < -0.4 is 10.1 Å². The highest BCUT2D eigenvalue weighted by atomic mass is 16.5. The molecule has 1 atom stereocenters. The van der Waals surface area contributed by atoms with E-state index in [-0.39, 0.29) is 0 Å². The number of aromatic nitrogens is 2. The second-order valence-corrected chi connectivity index (χ2v) is 4.41. The monoisotopic (exact) mass is 252 g/mol. The number of likely N-dealkylation sites (N-methyl/N-ethyl adjacent to an activating group) is 1. The first kappa shape index (κ1) is 14.7. The first-order chi connectivity index (χ1) is 8.58.